The van der Waals surface area contributed by atoms with Gasteiger partial charge in [0.15, 0.2) is 0 Å². The highest BCUT2D eigenvalue weighted by Gasteiger charge is 2.32. The molecule has 0 saturated carbocycles. The number of nitrogens with zero attached hydrogens (tertiary/aromatic N) is 2. The molecule has 0 radical (unpaired) electrons. The Bertz CT molecular complexity index is 310. The summed E-state index contributed by atoms with van der Waals surface area (Å²) >= 11 is 0. The highest BCUT2D eigenvalue weighted by molar-refractivity contribution is 5.14. The monoisotopic (exact) mass is 221 g/mol. The molecule has 0 aromatic heterocycles. The average Bonchev–Trinajstić information content (AvgIpc) is 2.67. The largest absolute Gasteiger partial charge is 0.343 e. The van der Waals surface area contributed by atoms with Gasteiger partial charge in [-0.2, -0.15) is 0 Å². The second-order valence-electron chi connectivity index (χ2n) is 5.19. The Balaban J connectivity index is 2.68. The molecule has 3 nitrogen and oxygen atoms in total. The Morgan fingerprint density at radius 2 is 1.88 bits per heavy atom. The Kier molecular flexibility index (Phi) is 3.54. The van der Waals surface area contributed by atoms with Crippen LogP contribution in [0.1, 0.15) is 40.5 Å². The van der Waals surface area contributed by atoms with Crippen molar-refractivity contribution in [2.75, 3.05) is 6.67 Å². The molecule has 0 aromatic carbocycles. The lowest BCUT2D eigenvalue weighted by atomic mass is 10.1. The van der Waals surface area contributed by atoms with Crippen molar-refractivity contribution in [2.45, 2.75) is 51.7 Å². The molecule has 2 N–H and O–H groups in total. The van der Waals surface area contributed by atoms with Crippen molar-refractivity contribution in [3.63, 3.8) is 0 Å². The van der Waals surface area contributed by atoms with E-state index in [1.165, 1.54) is 0 Å². The first-order chi connectivity index (χ1) is 7.33. The van der Waals surface area contributed by atoms with E-state index < -0.39 is 0 Å². The van der Waals surface area contributed by atoms with Gasteiger partial charge in [-0.3, -0.25) is 0 Å². The zero-order valence-electron chi connectivity index (χ0n) is 10.8. The van der Waals surface area contributed by atoms with Gasteiger partial charge in [0.05, 0.1) is 17.9 Å². The molecule has 0 aromatic rings. The van der Waals surface area contributed by atoms with Gasteiger partial charge in [0, 0.05) is 12.4 Å². The number of hydrogen-bond acceptors (Lipinski definition) is 3. The van der Waals surface area contributed by atoms with Gasteiger partial charge in [-0.15, -0.1) is 6.42 Å². The number of terminal acetylenes is 1. The van der Waals surface area contributed by atoms with E-state index in [4.69, 9.17) is 12.2 Å². The van der Waals surface area contributed by atoms with Crippen molar-refractivity contribution >= 4 is 0 Å². The lowest BCUT2D eigenvalue weighted by Gasteiger charge is -2.39. The highest BCUT2D eigenvalue weighted by atomic mass is 15.4. The zero-order chi connectivity index (χ0) is 12.4. The van der Waals surface area contributed by atoms with Crippen molar-refractivity contribution in [1.29, 1.82) is 0 Å². The summed E-state index contributed by atoms with van der Waals surface area (Å²) in [6, 6.07) is 0. The summed E-state index contributed by atoms with van der Waals surface area (Å²) in [5.41, 5.74) is 5.73. The third-order valence-electron chi connectivity index (χ3n) is 3.21. The summed E-state index contributed by atoms with van der Waals surface area (Å²) in [4.78, 5) is 4.28. The fourth-order valence-corrected chi connectivity index (χ4v) is 1.85. The molecule has 0 amide bonds. The van der Waals surface area contributed by atoms with Gasteiger partial charge in [-0.05, 0) is 27.2 Å². The molecule has 0 spiro atoms. The lowest BCUT2D eigenvalue weighted by molar-refractivity contribution is 0.100. The number of rotatable bonds is 4. The summed E-state index contributed by atoms with van der Waals surface area (Å²) in [6.07, 6.45) is 11.6. The van der Waals surface area contributed by atoms with Crippen LogP contribution >= 0.6 is 0 Å². The van der Waals surface area contributed by atoms with Crippen molar-refractivity contribution in [3.8, 4) is 12.3 Å². The molecule has 3 heteroatoms. The summed E-state index contributed by atoms with van der Waals surface area (Å²) in [5, 5.41) is 0. The lowest BCUT2D eigenvalue weighted by Crippen LogP contribution is -2.53. The second-order valence-corrected chi connectivity index (χ2v) is 5.19. The average molecular weight is 221 g/mol. The fraction of sp³-hybridized carbons (Fsp3) is 0.692. The van der Waals surface area contributed by atoms with Gasteiger partial charge in [0.1, 0.15) is 0 Å². The van der Waals surface area contributed by atoms with Crippen LogP contribution < -0.4 is 5.73 Å². The minimum atomic E-state index is -0.287. The maximum Gasteiger partial charge on any atom is 0.0965 e. The Hall–Kier alpha value is -1.14. The standard InChI is InChI=1S/C13H23N3/c1-6-8-13(5,14)16-10-9-15(11-16)12(3,4)7-2/h2,9-10H,6,8,11,14H2,1,3-5H3/t13-/m1/s1. The molecule has 1 rings (SSSR count). The van der Waals surface area contributed by atoms with Crippen molar-refractivity contribution < 1.29 is 0 Å². The molecule has 0 fully saturated rings. The van der Waals surface area contributed by atoms with Gasteiger partial charge in [0.2, 0.25) is 0 Å². The predicted octanol–water partition coefficient (Wildman–Crippen LogP) is 1.92. The SMILES string of the molecule is C#CC(C)(C)N1C=CN([C@@](C)(N)CCC)C1. The molecule has 1 heterocycles. The van der Waals surface area contributed by atoms with Crippen LogP contribution in [-0.4, -0.2) is 27.7 Å². The van der Waals surface area contributed by atoms with E-state index >= 15 is 0 Å². The van der Waals surface area contributed by atoms with Crippen LogP contribution in [0.15, 0.2) is 12.4 Å². The molecule has 0 saturated heterocycles. The summed E-state index contributed by atoms with van der Waals surface area (Å²) in [5.74, 6) is 2.79. The maximum absolute atomic E-state index is 6.28. The van der Waals surface area contributed by atoms with Gasteiger partial charge >= 0.3 is 0 Å². The Labute approximate surface area is 99.3 Å². The van der Waals surface area contributed by atoms with E-state index in [1.54, 1.807) is 0 Å². The van der Waals surface area contributed by atoms with Crippen LogP contribution in [0.3, 0.4) is 0 Å². The van der Waals surface area contributed by atoms with Crippen LogP contribution in [0.5, 0.6) is 0 Å². The number of hydrogen-bond donors (Lipinski definition) is 1. The minimum absolute atomic E-state index is 0.256. The van der Waals surface area contributed by atoms with Gasteiger partial charge in [0.25, 0.3) is 0 Å². The molecule has 0 aliphatic carbocycles. The van der Waals surface area contributed by atoms with E-state index in [0.29, 0.717) is 0 Å². The molecule has 90 valence electrons. The van der Waals surface area contributed by atoms with E-state index in [0.717, 1.165) is 19.5 Å². The first-order valence-electron chi connectivity index (χ1n) is 5.82. The fourth-order valence-electron chi connectivity index (χ4n) is 1.85. The summed E-state index contributed by atoms with van der Waals surface area (Å²) < 4.78 is 0. The highest BCUT2D eigenvalue weighted by Crippen LogP contribution is 2.25. The Morgan fingerprint density at radius 3 is 2.38 bits per heavy atom. The van der Waals surface area contributed by atoms with E-state index in [1.807, 2.05) is 26.2 Å². The Morgan fingerprint density at radius 1 is 1.31 bits per heavy atom. The number of nitrogens with two attached hydrogens (primary N) is 1. The molecular formula is C13H23N3. The smallest absolute Gasteiger partial charge is 0.0965 e. The van der Waals surface area contributed by atoms with E-state index in [2.05, 4.69) is 29.6 Å². The molecule has 1 aliphatic heterocycles. The van der Waals surface area contributed by atoms with Gasteiger partial charge in [-0.25, -0.2) is 0 Å². The van der Waals surface area contributed by atoms with E-state index in [9.17, 15) is 0 Å². The molecule has 1 atom stereocenters. The first-order valence-corrected chi connectivity index (χ1v) is 5.82. The molecule has 0 bridgehead atoms. The molecule has 1 aliphatic rings. The van der Waals surface area contributed by atoms with Crippen LogP contribution in [0.2, 0.25) is 0 Å². The molecular weight excluding hydrogens is 198 g/mol. The van der Waals surface area contributed by atoms with Crippen LogP contribution in [-0.2, 0) is 0 Å². The van der Waals surface area contributed by atoms with Crippen LogP contribution in [0, 0.1) is 12.3 Å². The summed E-state index contributed by atoms with van der Waals surface area (Å²) in [6.45, 7) is 9.05. The van der Waals surface area contributed by atoms with Gasteiger partial charge in [-0.1, -0.05) is 19.3 Å². The first kappa shape index (κ1) is 12.9. The van der Waals surface area contributed by atoms with Crippen molar-refractivity contribution in [1.82, 2.24) is 9.80 Å². The van der Waals surface area contributed by atoms with Crippen molar-refractivity contribution in [2.24, 2.45) is 5.73 Å². The second kappa shape index (κ2) is 4.39. The summed E-state index contributed by atoms with van der Waals surface area (Å²) in [7, 11) is 0. The predicted molar refractivity (Wildman–Crippen MR) is 68.1 cm³/mol. The van der Waals surface area contributed by atoms with Crippen LogP contribution in [0.25, 0.3) is 0 Å². The quantitative estimate of drug-likeness (QED) is 0.736. The normalized spacial score (nSPS) is 19.8. The van der Waals surface area contributed by atoms with Crippen LogP contribution in [0.4, 0.5) is 0 Å². The van der Waals surface area contributed by atoms with E-state index in [-0.39, 0.29) is 11.2 Å². The van der Waals surface area contributed by atoms with Gasteiger partial charge < -0.3 is 15.5 Å². The van der Waals surface area contributed by atoms with Crippen molar-refractivity contribution in [3.05, 3.63) is 12.4 Å². The molecule has 16 heavy (non-hydrogen) atoms. The minimum Gasteiger partial charge on any atom is -0.343 e. The third kappa shape index (κ3) is 2.51. The maximum atomic E-state index is 6.28. The molecule has 0 unspecified atom stereocenters. The topological polar surface area (TPSA) is 32.5 Å². The zero-order valence-corrected chi connectivity index (χ0v) is 10.8. The third-order valence-corrected chi connectivity index (χ3v) is 3.21.